The zero-order chi connectivity index (χ0) is 20.0. The number of benzene rings is 1. The first-order chi connectivity index (χ1) is 12.7. The first-order valence-electron chi connectivity index (χ1n) is 9.31. The van der Waals surface area contributed by atoms with Crippen molar-refractivity contribution < 1.29 is 4.79 Å². The maximum absolute atomic E-state index is 12.8. The highest BCUT2D eigenvalue weighted by molar-refractivity contribution is 6.28. The second-order valence-electron chi connectivity index (χ2n) is 7.91. The van der Waals surface area contributed by atoms with E-state index in [0.717, 1.165) is 18.4 Å². The second-order valence-corrected chi connectivity index (χ2v) is 8.24. The molecule has 0 radical (unpaired) electrons. The molecule has 146 valence electrons. The monoisotopic (exact) mass is 388 g/mol. The highest BCUT2D eigenvalue weighted by Crippen LogP contribution is 2.26. The van der Waals surface area contributed by atoms with Crippen molar-refractivity contribution in [1.82, 2.24) is 14.9 Å². The first-order valence-corrected chi connectivity index (χ1v) is 9.69. The molecule has 2 rings (SSSR count). The molecule has 0 saturated heterocycles. The van der Waals surface area contributed by atoms with Gasteiger partial charge in [-0.15, -0.1) is 0 Å². The highest BCUT2D eigenvalue weighted by Gasteiger charge is 2.25. The lowest BCUT2D eigenvalue weighted by molar-refractivity contribution is 0.0779. The summed E-state index contributed by atoms with van der Waals surface area (Å²) in [6.45, 7) is 9.21. The quantitative estimate of drug-likeness (QED) is 0.676. The van der Waals surface area contributed by atoms with Gasteiger partial charge in [-0.1, -0.05) is 64.4 Å². The lowest BCUT2D eigenvalue weighted by Crippen LogP contribution is -2.34. The molecule has 0 fully saturated rings. The zero-order valence-electron chi connectivity index (χ0n) is 16.8. The molecule has 1 heterocycles. The number of hydrogen-bond donors (Lipinski definition) is 1. The molecule has 1 atom stereocenters. The molecular weight excluding hydrogens is 360 g/mol. The standard InChI is InChI=1S/C21H29ClN4O/c1-6-10-17(21(2,3)4)24-18-13-16(23-20(22)25-18)19(27)26(5)14-15-11-8-7-9-12-15/h7-9,11-13,17H,6,10,14H2,1-5H3,(H,23,24,25). The number of carbonyl (C=O) groups excluding carboxylic acids is 1. The topological polar surface area (TPSA) is 58.1 Å². The van der Waals surface area contributed by atoms with Gasteiger partial charge in [0, 0.05) is 25.7 Å². The molecule has 1 aromatic heterocycles. The van der Waals surface area contributed by atoms with E-state index < -0.39 is 0 Å². The van der Waals surface area contributed by atoms with Crippen LogP contribution >= 0.6 is 11.6 Å². The minimum Gasteiger partial charge on any atom is -0.367 e. The Morgan fingerprint density at radius 2 is 1.89 bits per heavy atom. The molecule has 1 N–H and O–H groups in total. The van der Waals surface area contributed by atoms with Crippen molar-refractivity contribution in [3.63, 3.8) is 0 Å². The van der Waals surface area contributed by atoms with E-state index in [4.69, 9.17) is 11.6 Å². The average molecular weight is 389 g/mol. The van der Waals surface area contributed by atoms with Crippen molar-refractivity contribution >= 4 is 23.3 Å². The minimum atomic E-state index is -0.186. The summed E-state index contributed by atoms with van der Waals surface area (Å²) in [5.41, 5.74) is 1.41. The van der Waals surface area contributed by atoms with Crippen LogP contribution in [0.3, 0.4) is 0 Å². The number of nitrogens with zero attached hydrogens (tertiary/aromatic N) is 3. The van der Waals surface area contributed by atoms with Gasteiger partial charge in [0.1, 0.15) is 11.5 Å². The van der Waals surface area contributed by atoms with Crippen molar-refractivity contribution in [1.29, 1.82) is 0 Å². The SMILES string of the molecule is CCCC(Nc1cc(C(=O)N(C)Cc2ccccc2)nc(Cl)n1)C(C)(C)C. The normalized spacial score (nSPS) is 12.5. The molecule has 1 unspecified atom stereocenters. The molecule has 0 aliphatic heterocycles. The fourth-order valence-corrected chi connectivity index (χ4v) is 3.10. The average Bonchev–Trinajstić information content (AvgIpc) is 2.60. The molecule has 6 heteroatoms. The van der Waals surface area contributed by atoms with Gasteiger partial charge in [-0.05, 0) is 29.0 Å². The Kier molecular flexibility index (Phi) is 7.19. The van der Waals surface area contributed by atoms with E-state index in [1.807, 2.05) is 30.3 Å². The molecule has 1 amide bonds. The van der Waals surface area contributed by atoms with Gasteiger partial charge in [0.15, 0.2) is 0 Å². The largest absolute Gasteiger partial charge is 0.367 e. The van der Waals surface area contributed by atoms with E-state index in [1.54, 1.807) is 18.0 Å². The van der Waals surface area contributed by atoms with Crippen LogP contribution in [0.15, 0.2) is 36.4 Å². The van der Waals surface area contributed by atoms with Crippen LogP contribution < -0.4 is 5.32 Å². The number of anilines is 1. The Balaban J connectivity index is 2.19. The van der Waals surface area contributed by atoms with E-state index in [1.165, 1.54) is 0 Å². The highest BCUT2D eigenvalue weighted by atomic mass is 35.5. The molecule has 5 nitrogen and oxygen atoms in total. The fourth-order valence-electron chi connectivity index (χ4n) is 2.91. The lowest BCUT2D eigenvalue weighted by Gasteiger charge is -2.32. The van der Waals surface area contributed by atoms with Crippen LogP contribution in [0.1, 0.15) is 56.6 Å². The molecule has 0 saturated carbocycles. The number of amides is 1. The molecule has 0 spiro atoms. The summed E-state index contributed by atoms with van der Waals surface area (Å²) in [5.74, 6) is 0.397. The molecule has 27 heavy (non-hydrogen) atoms. The van der Waals surface area contributed by atoms with Crippen molar-refractivity contribution in [2.24, 2.45) is 5.41 Å². The van der Waals surface area contributed by atoms with Crippen LogP contribution in [0.5, 0.6) is 0 Å². The van der Waals surface area contributed by atoms with Gasteiger partial charge in [0.2, 0.25) is 5.28 Å². The third kappa shape index (κ3) is 6.21. The number of aromatic nitrogens is 2. The fraction of sp³-hybridized carbons (Fsp3) is 0.476. The minimum absolute atomic E-state index is 0.0573. The summed E-state index contributed by atoms with van der Waals surface area (Å²) in [5, 5.41) is 3.51. The first kappa shape index (κ1) is 21.2. The second kappa shape index (κ2) is 9.18. The third-order valence-electron chi connectivity index (χ3n) is 4.47. The van der Waals surface area contributed by atoms with Gasteiger partial charge in [-0.25, -0.2) is 9.97 Å². The van der Waals surface area contributed by atoms with E-state index in [0.29, 0.717) is 18.1 Å². The van der Waals surface area contributed by atoms with Gasteiger partial charge in [-0.2, -0.15) is 0 Å². The Bertz CT molecular complexity index is 759. The summed E-state index contributed by atoms with van der Waals surface area (Å²) in [4.78, 5) is 22.8. The molecular formula is C21H29ClN4O. The Labute approximate surface area is 167 Å². The molecule has 2 aromatic rings. The number of hydrogen-bond acceptors (Lipinski definition) is 4. The van der Waals surface area contributed by atoms with Gasteiger partial charge in [0.25, 0.3) is 5.91 Å². The zero-order valence-corrected chi connectivity index (χ0v) is 17.5. The predicted octanol–water partition coefficient (Wildman–Crippen LogP) is 5.03. The third-order valence-corrected chi connectivity index (χ3v) is 4.64. The van der Waals surface area contributed by atoms with Crippen LogP contribution in [0.4, 0.5) is 5.82 Å². The maximum atomic E-state index is 12.8. The van der Waals surface area contributed by atoms with Crippen LogP contribution in [-0.2, 0) is 6.54 Å². The van der Waals surface area contributed by atoms with Crippen molar-refractivity contribution in [3.8, 4) is 0 Å². The molecule has 0 bridgehead atoms. The summed E-state index contributed by atoms with van der Waals surface area (Å²) in [7, 11) is 1.76. The van der Waals surface area contributed by atoms with E-state index in [2.05, 4.69) is 43.0 Å². The van der Waals surface area contributed by atoms with Gasteiger partial charge < -0.3 is 10.2 Å². The van der Waals surface area contributed by atoms with Gasteiger partial charge in [0.05, 0.1) is 0 Å². The Hall–Kier alpha value is -2.14. The summed E-state index contributed by atoms with van der Waals surface area (Å²) >= 11 is 6.10. The predicted molar refractivity (Wildman–Crippen MR) is 111 cm³/mol. The van der Waals surface area contributed by atoms with Crippen molar-refractivity contribution in [2.45, 2.75) is 53.1 Å². The number of nitrogens with one attached hydrogen (secondary N) is 1. The van der Waals surface area contributed by atoms with Crippen LogP contribution in [-0.4, -0.2) is 33.9 Å². The van der Waals surface area contributed by atoms with Crippen LogP contribution in [0, 0.1) is 5.41 Å². The lowest BCUT2D eigenvalue weighted by atomic mass is 9.84. The summed E-state index contributed by atoms with van der Waals surface area (Å²) in [6.07, 6.45) is 2.06. The number of carbonyl (C=O) groups is 1. The molecule has 1 aromatic carbocycles. The van der Waals surface area contributed by atoms with E-state index >= 15 is 0 Å². The number of halogens is 1. The summed E-state index contributed by atoms with van der Waals surface area (Å²) < 4.78 is 0. The summed E-state index contributed by atoms with van der Waals surface area (Å²) in [6, 6.07) is 11.7. The van der Waals surface area contributed by atoms with Crippen molar-refractivity contribution in [3.05, 3.63) is 52.9 Å². The van der Waals surface area contributed by atoms with Crippen molar-refractivity contribution in [2.75, 3.05) is 12.4 Å². The Morgan fingerprint density at radius 1 is 1.22 bits per heavy atom. The molecule has 0 aliphatic rings. The van der Waals surface area contributed by atoms with E-state index in [-0.39, 0.29) is 22.6 Å². The maximum Gasteiger partial charge on any atom is 0.272 e. The van der Waals surface area contributed by atoms with Gasteiger partial charge >= 0.3 is 0 Å². The Morgan fingerprint density at radius 3 is 2.48 bits per heavy atom. The molecule has 0 aliphatic carbocycles. The van der Waals surface area contributed by atoms with Crippen LogP contribution in [0.25, 0.3) is 0 Å². The van der Waals surface area contributed by atoms with Gasteiger partial charge in [-0.3, -0.25) is 4.79 Å². The van der Waals surface area contributed by atoms with E-state index in [9.17, 15) is 4.79 Å². The van der Waals surface area contributed by atoms with Crippen LogP contribution in [0.2, 0.25) is 5.28 Å². The number of rotatable bonds is 7. The smallest absolute Gasteiger partial charge is 0.272 e.